The van der Waals surface area contributed by atoms with Crippen LogP contribution in [0.3, 0.4) is 0 Å². The lowest BCUT2D eigenvalue weighted by atomic mass is 10.3. The van der Waals surface area contributed by atoms with Crippen LogP contribution < -0.4 is 10.1 Å². The van der Waals surface area contributed by atoms with E-state index in [0.29, 0.717) is 11.5 Å². The van der Waals surface area contributed by atoms with Crippen molar-refractivity contribution in [3.8, 4) is 17.1 Å². The Morgan fingerprint density at radius 3 is 2.82 bits per heavy atom. The van der Waals surface area contributed by atoms with Gasteiger partial charge < -0.3 is 10.1 Å². The number of hydrogen-bond donors (Lipinski definition) is 1. The Kier molecular flexibility index (Phi) is 4.10. The third kappa shape index (κ3) is 3.29. The Labute approximate surface area is 130 Å². The van der Waals surface area contributed by atoms with Gasteiger partial charge in [-0.1, -0.05) is 0 Å². The molecule has 0 fully saturated rings. The minimum absolute atomic E-state index is 0.00314. The highest BCUT2D eigenvalue weighted by Gasteiger charge is 2.09. The monoisotopic (exact) mass is 315 g/mol. The molecule has 8 heteroatoms. The Balaban J connectivity index is 1.61. The van der Waals surface area contributed by atoms with Gasteiger partial charge in [-0.2, -0.15) is 16.1 Å². The molecular weight excluding hydrogens is 302 g/mol. The summed E-state index contributed by atoms with van der Waals surface area (Å²) in [7, 11) is 1.59. The summed E-state index contributed by atoms with van der Waals surface area (Å²) >= 11 is 1.56. The molecule has 2 aromatic heterocycles. The number of carbonyl (C=O) groups excluding carboxylic acids is 1. The summed E-state index contributed by atoms with van der Waals surface area (Å²) in [6, 6.07) is 8.99. The largest absolute Gasteiger partial charge is 0.497 e. The second kappa shape index (κ2) is 6.35. The maximum Gasteiger partial charge on any atom is 0.248 e. The number of aromatic nitrogens is 4. The maximum absolute atomic E-state index is 12.0. The van der Waals surface area contributed by atoms with Gasteiger partial charge in [0.2, 0.25) is 11.7 Å². The lowest BCUT2D eigenvalue weighted by Gasteiger charge is -2.05. The molecule has 0 aliphatic rings. The zero-order valence-electron chi connectivity index (χ0n) is 11.8. The van der Waals surface area contributed by atoms with E-state index in [1.54, 1.807) is 42.7 Å². The van der Waals surface area contributed by atoms with Crippen LogP contribution in [0.1, 0.15) is 0 Å². The molecule has 3 rings (SSSR count). The van der Waals surface area contributed by atoms with Crippen molar-refractivity contribution in [2.75, 3.05) is 12.4 Å². The highest BCUT2D eigenvalue weighted by atomic mass is 32.1. The Morgan fingerprint density at radius 1 is 1.32 bits per heavy atom. The van der Waals surface area contributed by atoms with Crippen molar-refractivity contribution in [2.45, 2.75) is 6.54 Å². The molecule has 0 aliphatic carbocycles. The molecular formula is C14H13N5O2S. The number of carbonyl (C=O) groups is 1. The lowest BCUT2D eigenvalue weighted by molar-refractivity contribution is -0.117. The van der Waals surface area contributed by atoms with Crippen molar-refractivity contribution in [1.82, 2.24) is 20.2 Å². The second-order valence-corrected chi connectivity index (χ2v) is 5.21. The molecule has 1 N–H and O–H groups in total. The van der Waals surface area contributed by atoms with Crippen LogP contribution in [0.5, 0.6) is 5.75 Å². The molecule has 0 atom stereocenters. The Hall–Kier alpha value is -2.74. The van der Waals surface area contributed by atoms with Gasteiger partial charge >= 0.3 is 0 Å². The Morgan fingerprint density at radius 2 is 2.14 bits per heavy atom. The van der Waals surface area contributed by atoms with E-state index in [2.05, 4.69) is 20.7 Å². The van der Waals surface area contributed by atoms with Crippen LogP contribution in [0.15, 0.2) is 41.1 Å². The summed E-state index contributed by atoms with van der Waals surface area (Å²) in [5.74, 6) is 1.02. The van der Waals surface area contributed by atoms with E-state index in [0.717, 1.165) is 11.3 Å². The van der Waals surface area contributed by atoms with Crippen molar-refractivity contribution in [3.63, 3.8) is 0 Å². The van der Waals surface area contributed by atoms with Crippen LogP contribution in [0.25, 0.3) is 11.4 Å². The predicted octanol–water partition coefficient (Wildman–Crippen LogP) is 2.05. The van der Waals surface area contributed by atoms with Crippen LogP contribution in [-0.4, -0.2) is 33.2 Å². The van der Waals surface area contributed by atoms with E-state index in [4.69, 9.17) is 4.74 Å². The first-order valence-electron chi connectivity index (χ1n) is 6.49. The fourth-order valence-corrected chi connectivity index (χ4v) is 2.46. The molecule has 2 heterocycles. The summed E-state index contributed by atoms with van der Waals surface area (Å²) in [5, 5.41) is 18.6. The van der Waals surface area contributed by atoms with E-state index in [1.165, 1.54) is 4.80 Å². The van der Waals surface area contributed by atoms with Crippen molar-refractivity contribution in [1.29, 1.82) is 0 Å². The van der Waals surface area contributed by atoms with Crippen molar-refractivity contribution in [2.24, 2.45) is 0 Å². The summed E-state index contributed by atoms with van der Waals surface area (Å²) in [6.45, 7) is 0.00314. The number of amides is 1. The van der Waals surface area contributed by atoms with Crippen LogP contribution >= 0.6 is 11.3 Å². The smallest absolute Gasteiger partial charge is 0.248 e. The molecule has 1 aromatic carbocycles. The number of hydrogen-bond acceptors (Lipinski definition) is 6. The SMILES string of the molecule is COc1ccc(NC(=O)Cn2nnc(-c3ccsc3)n2)cc1. The van der Waals surface area contributed by atoms with E-state index in [1.807, 2.05) is 16.8 Å². The van der Waals surface area contributed by atoms with Gasteiger partial charge in [-0.25, -0.2) is 0 Å². The fraction of sp³-hybridized carbons (Fsp3) is 0.143. The first-order chi connectivity index (χ1) is 10.7. The number of tetrazole rings is 1. The third-order valence-electron chi connectivity index (χ3n) is 2.89. The van der Waals surface area contributed by atoms with Gasteiger partial charge in [0, 0.05) is 16.6 Å². The summed E-state index contributed by atoms with van der Waals surface area (Å²) in [5.41, 5.74) is 1.58. The highest BCUT2D eigenvalue weighted by Crippen LogP contribution is 2.17. The van der Waals surface area contributed by atoms with Gasteiger partial charge in [0.05, 0.1) is 7.11 Å². The molecule has 112 valence electrons. The second-order valence-electron chi connectivity index (χ2n) is 4.43. The number of ether oxygens (including phenoxy) is 1. The van der Waals surface area contributed by atoms with E-state index < -0.39 is 0 Å². The molecule has 0 unspecified atom stereocenters. The van der Waals surface area contributed by atoms with Gasteiger partial charge in [-0.05, 0) is 40.9 Å². The van der Waals surface area contributed by atoms with E-state index in [9.17, 15) is 4.79 Å². The topological polar surface area (TPSA) is 81.9 Å². The molecule has 0 saturated heterocycles. The van der Waals surface area contributed by atoms with Crippen LogP contribution in [-0.2, 0) is 11.3 Å². The van der Waals surface area contributed by atoms with E-state index in [-0.39, 0.29) is 12.5 Å². The number of benzene rings is 1. The number of methoxy groups -OCH3 is 1. The molecule has 1 amide bonds. The first kappa shape index (κ1) is 14.2. The average molecular weight is 315 g/mol. The van der Waals surface area contributed by atoms with Gasteiger partial charge in [-0.15, -0.1) is 10.2 Å². The molecule has 22 heavy (non-hydrogen) atoms. The lowest BCUT2D eigenvalue weighted by Crippen LogP contribution is -2.20. The van der Waals surface area contributed by atoms with Crippen LogP contribution in [0.2, 0.25) is 0 Å². The summed E-state index contributed by atoms with van der Waals surface area (Å²) < 4.78 is 5.06. The molecule has 3 aromatic rings. The predicted molar refractivity (Wildman–Crippen MR) is 82.8 cm³/mol. The van der Waals surface area contributed by atoms with Gasteiger partial charge in [0.25, 0.3) is 0 Å². The van der Waals surface area contributed by atoms with Crippen molar-refractivity contribution in [3.05, 3.63) is 41.1 Å². The highest BCUT2D eigenvalue weighted by molar-refractivity contribution is 7.08. The minimum atomic E-state index is -0.223. The summed E-state index contributed by atoms with van der Waals surface area (Å²) in [4.78, 5) is 13.2. The number of thiophene rings is 1. The molecule has 0 radical (unpaired) electrons. The Bertz CT molecular complexity index is 752. The fourth-order valence-electron chi connectivity index (χ4n) is 1.82. The molecule has 0 aliphatic heterocycles. The molecule has 7 nitrogen and oxygen atoms in total. The summed E-state index contributed by atoms with van der Waals surface area (Å²) in [6.07, 6.45) is 0. The number of rotatable bonds is 5. The normalized spacial score (nSPS) is 10.4. The van der Waals surface area contributed by atoms with Crippen LogP contribution in [0.4, 0.5) is 5.69 Å². The first-order valence-corrected chi connectivity index (χ1v) is 7.43. The molecule has 0 spiro atoms. The van der Waals surface area contributed by atoms with Crippen molar-refractivity contribution < 1.29 is 9.53 Å². The zero-order chi connectivity index (χ0) is 15.4. The number of nitrogens with zero attached hydrogens (tertiary/aromatic N) is 4. The standard InChI is InChI=1S/C14H13N5O2S/c1-21-12-4-2-11(3-5-12)15-13(20)8-19-17-14(16-18-19)10-6-7-22-9-10/h2-7,9H,8H2,1H3,(H,15,20). The number of anilines is 1. The average Bonchev–Trinajstić information content (AvgIpc) is 3.19. The van der Waals surface area contributed by atoms with Gasteiger partial charge in [0.1, 0.15) is 12.3 Å². The third-order valence-corrected chi connectivity index (χ3v) is 3.57. The van der Waals surface area contributed by atoms with Gasteiger partial charge in [0.15, 0.2) is 0 Å². The maximum atomic E-state index is 12.0. The number of nitrogens with one attached hydrogen (secondary N) is 1. The quantitative estimate of drug-likeness (QED) is 0.779. The van der Waals surface area contributed by atoms with E-state index >= 15 is 0 Å². The molecule has 0 bridgehead atoms. The van der Waals surface area contributed by atoms with Crippen LogP contribution in [0, 0.1) is 0 Å². The van der Waals surface area contributed by atoms with Crippen molar-refractivity contribution >= 4 is 22.9 Å². The van der Waals surface area contributed by atoms with Gasteiger partial charge in [-0.3, -0.25) is 4.79 Å². The minimum Gasteiger partial charge on any atom is -0.497 e. The zero-order valence-corrected chi connectivity index (χ0v) is 12.6. The molecule has 0 saturated carbocycles.